The summed E-state index contributed by atoms with van der Waals surface area (Å²) in [5.41, 5.74) is 1.06. The Morgan fingerprint density at radius 3 is 2.73 bits per heavy atom. The minimum atomic E-state index is -0.745. The molecular weight excluding hydrogens is 192 g/mol. The number of ether oxygens (including phenoxy) is 1. The van der Waals surface area contributed by atoms with Crippen molar-refractivity contribution < 1.29 is 14.6 Å². The largest absolute Gasteiger partial charge is 0.496 e. The summed E-state index contributed by atoms with van der Waals surface area (Å²) in [5.74, 6) is -0.227. The number of carbonyl (C=O) groups is 1. The molecule has 0 aromatic heterocycles. The number of benzene rings is 1. The molecule has 0 spiro atoms. The van der Waals surface area contributed by atoms with Gasteiger partial charge in [0.2, 0.25) is 0 Å². The molecular formula is C12H16O3. The molecule has 1 atom stereocenters. The van der Waals surface area contributed by atoms with Crippen molar-refractivity contribution in [3.05, 3.63) is 29.8 Å². The van der Waals surface area contributed by atoms with E-state index >= 15 is 0 Å². The topological polar surface area (TPSA) is 46.5 Å². The van der Waals surface area contributed by atoms with Gasteiger partial charge in [0.15, 0.2) is 0 Å². The lowest BCUT2D eigenvalue weighted by Crippen LogP contribution is -2.10. The zero-order valence-electron chi connectivity index (χ0n) is 9.06. The second-order valence-corrected chi connectivity index (χ2v) is 3.59. The molecule has 1 unspecified atom stereocenters. The summed E-state index contributed by atoms with van der Waals surface area (Å²) in [6.45, 7) is 1.72. The molecule has 0 aliphatic carbocycles. The van der Waals surface area contributed by atoms with Gasteiger partial charge in [0.25, 0.3) is 0 Å². The number of hydrogen-bond acceptors (Lipinski definition) is 2. The van der Waals surface area contributed by atoms with E-state index in [1.807, 2.05) is 24.3 Å². The lowest BCUT2D eigenvalue weighted by atomic mass is 10.0. The summed E-state index contributed by atoms with van der Waals surface area (Å²) >= 11 is 0. The van der Waals surface area contributed by atoms with Gasteiger partial charge in [-0.15, -0.1) is 0 Å². The molecule has 0 saturated carbocycles. The van der Waals surface area contributed by atoms with Crippen LogP contribution in [0.15, 0.2) is 24.3 Å². The van der Waals surface area contributed by atoms with Gasteiger partial charge in [-0.1, -0.05) is 25.1 Å². The average Bonchev–Trinajstić information content (AvgIpc) is 2.26. The van der Waals surface area contributed by atoms with Crippen LogP contribution in [-0.2, 0) is 11.2 Å². The molecule has 1 aromatic rings. The maximum atomic E-state index is 10.6. The van der Waals surface area contributed by atoms with Gasteiger partial charge in [0.05, 0.1) is 13.0 Å². The highest BCUT2D eigenvalue weighted by Gasteiger charge is 2.11. The van der Waals surface area contributed by atoms with Crippen molar-refractivity contribution in [3.63, 3.8) is 0 Å². The Bertz CT molecular complexity index is 333. The summed E-state index contributed by atoms with van der Waals surface area (Å²) in [6.07, 6.45) is 1.37. The van der Waals surface area contributed by atoms with Crippen molar-refractivity contribution in [1.29, 1.82) is 0 Å². The van der Waals surface area contributed by atoms with Crippen LogP contribution in [0.1, 0.15) is 18.9 Å². The lowest BCUT2D eigenvalue weighted by molar-refractivity contribution is -0.141. The molecule has 0 radical (unpaired) electrons. The van der Waals surface area contributed by atoms with Gasteiger partial charge in [0.1, 0.15) is 5.75 Å². The molecule has 0 aliphatic rings. The highest BCUT2D eigenvalue weighted by molar-refractivity contribution is 5.69. The van der Waals surface area contributed by atoms with Crippen molar-refractivity contribution in [3.8, 4) is 5.75 Å². The fourth-order valence-corrected chi connectivity index (χ4v) is 1.40. The lowest BCUT2D eigenvalue weighted by Gasteiger charge is -2.09. The standard InChI is InChI=1S/C12H16O3/c1-9(12(13)14)7-8-10-5-3-4-6-11(10)15-2/h3-6,9H,7-8H2,1-2H3,(H,13,14). The molecule has 0 bridgehead atoms. The number of methoxy groups -OCH3 is 1. The molecule has 1 N–H and O–H groups in total. The Morgan fingerprint density at radius 2 is 2.13 bits per heavy atom. The van der Waals surface area contributed by atoms with Crippen molar-refractivity contribution in [2.75, 3.05) is 7.11 Å². The van der Waals surface area contributed by atoms with Gasteiger partial charge in [0, 0.05) is 0 Å². The third-order valence-corrected chi connectivity index (χ3v) is 2.46. The van der Waals surface area contributed by atoms with E-state index in [1.165, 1.54) is 0 Å². The molecule has 82 valence electrons. The van der Waals surface area contributed by atoms with Crippen molar-refractivity contribution in [1.82, 2.24) is 0 Å². The molecule has 0 heterocycles. The molecule has 0 aliphatic heterocycles. The number of carboxylic acids is 1. The predicted molar refractivity (Wildman–Crippen MR) is 58.1 cm³/mol. The number of aliphatic carboxylic acids is 1. The number of rotatable bonds is 5. The molecule has 3 nitrogen and oxygen atoms in total. The van der Waals surface area contributed by atoms with Crippen LogP contribution in [-0.4, -0.2) is 18.2 Å². The van der Waals surface area contributed by atoms with Crippen LogP contribution < -0.4 is 4.74 Å². The monoisotopic (exact) mass is 208 g/mol. The Hall–Kier alpha value is -1.51. The van der Waals surface area contributed by atoms with E-state index in [2.05, 4.69) is 0 Å². The van der Waals surface area contributed by atoms with Crippen molar-refractivity contribution in [2.45, 2.75) is 19.8 Å². The summed E-state index contributed by atoms with van der Waals surface area (Å²) in [5, 5.41) is 8.76. The molecule has 0 amide bonds. The van der Waals surface area contributed by atoms with Gasteiger partial charge < -0.3 is 9.84 Å². The zero-order valence-corrected chi connectivity index (χ0v) is 9.06. The third-order valence-electron chi connectivity index (χ3n) is 2.46. The Balaban J connectivity index is 2.60. The second kappa shape index (κ2) is 5.39. The summed E-state index contributed by atoms with van der Waals surface area (Å²) in [6, 6.07) is 7.69. The highest BCUT2D eigenvalue weighted by atomic mass is 16.5. The first-order valence-corrected chi connectivity index (χ1v) is 5.00. The van der Waals surface area contributed by atoms with E-state index in [-0.39, 0.29) is 5.92 Å². The van der Waals surface area contributed by atoms with Crippen molar-refractivity contribution in [2.24, 2.45) is 5.92 Å². The number of para-hydroxylation sites is 1. The first-order valence-electron chi connectivity index (χ1n) is 5.00. The van der Waals surface area contributed by atoms with Gasteiger partial charge >= 0.3 is 5.97 Å². The van der Waals surface area contributed by atoms with Crippen LogP contribution in [0.5, 0.6) is 5.75 Å². The number of hydrogen-bond donors (Lipinski definition) is 1. The summed E-state index contributed by atoms with van der Waals surface area (Å²) in [4.78, 5) is 10.6. The molecule has 1 aromatic carbocycles. The van der Waals surface area contributed by atoms with Gasteiger partial charge in [-0.25, -0.2) is 0 Å². The normalized spacial score (nSPS) is 12.1. The van der Waals surface area contributed by atoms with Crippen LogP contribution in [0.3, 0.4) is 0 Å². The minimum Gasteiger partial charge on any atom is -0.496 e. The first kappa shape index (κ1) is 11.6. The quantitative estimate of drug-likeness (QED) is 0.807. The smallest absolute Gasteiger partial charge is 0.306 e. The van der Waals surface area contributed by atoms with Crippen LogP contribution in [0.25, 0.3) is 0 Å². The Morgan fingerprint density at radius 1 is 1.47 bits per heavy atom. The van der Waals surface area contributed by atoms with Gasteiger partial charge in [-0.05, 0) is 24.5 Å². The average molecular weight is 208 g/mol. The van der Waals surface area contributed by atoms with E-state index < -0.39 is 5.97 Å². The maximum Gasteiger partial charge on any atom is 0.306 e. The van der Waals surface area contributed by atoms with E-state index in [0.717, 1.165) is 17.7 Å². The SMILES string of the molecule is COc1ccccc1CCC(C)C(=O)O. The second-order valence-electron chi connectivity index (χ2n) is 3.59. The van der Waals surface area contributed by atoms with Crippen LogP contribution in [0, 0.1) is 5.92 Å². The molecule has 3 heteroatoms. The molecule has 0 fully saturated rings. The third kappa shape index (κ3) is 3.27. The Labute approximate surface area is 89.7 Å². The van der Waals surface area contributed by atoms with E-state index in [4.69, 9.17) is 9.84 Å². The van der Waals surface area contributed by atoms with E-state index in [9.17, 15) is 4.79 Å². The Kier molecular flexibility index (Phi) is 4.16. The first-order chi connectivity index (χ1) is 7.15. The highest BCUT2D eigenvalue weighted by Crippen LogP contribution is 2.20. The fourth-order valence-electron chi connectivity index (χ4n) is 1.40. The van der Waals surface area contributed by atoms with Crippen LogP contribution in [0.4, 0.5) is 0 Å². The maximum absolute atomic E-state index is 10.6. The minimum absolute atomic E-state index is 0.310. The zero-order chi connectivity index (χ0) is 11.3. The van der Waals surface area contributed by atoms with Crippen LogP contribution in [0.2, 0.25) is 0 Å². The molecule has 15 heavy (non-hydrogen) atoms. The predicted octanol–water partition coefficient (Wildman–Crippen LogP) is 2.35. The van der Waals surface area contributed by atoms with Crippen molar-refractivity contribution >= 4 is 5.97 Å². The van der Waals surface area contributed by atoms with E-state index in [1.54, 1.807) is 14.0 Å². The van der Waals surface area contributed by atoms with E-state index in [0.29, 0.717) is 6.42 Å². The van der Waals surface area contributed by atoms with Gasteiger partial charge in [-0.3, -0.25) is 4.79 Å². The summed E-state index contributed by atoms with van der Waals surface area (Å²) in [7, 11) is 1.62. The van der Waals surface area contributed by atoms with Crippen LogP contribution >= 0.6 is 0 Å². The molecule has 1 rings (SSSR count). The number of carboxylic acid groups (broad SMARTS) is 1. The number of aryl methyl sites for hydroxylation is 1. The molecule has 0 saturated heterocycles. The van der Waals surface area contributed by atoms with Gasteiger partial charge in [-0.2, -0.15) is 0 Å². The summed E-state index contributed by atoms with van der Waals surface area (Å²) < 4.78 is 5.19. The fraction of sp³-hybridized carbons (Fsp3) is 0.417.